The van der Waals surface area contributed by atoms with Crippen LogP contribution < -0.4 is 15.7 Å². The average molecular weight is 577 g/mol. The molecule has 1 aliphatic carbocycles. The highest BCUT2D eigenvalue weighted by molar-refractivity contribution is 6.93. The maximum absolute atomic E-state index is 2.71. The molecule has 0 N–H and O–H groups in total. The number of hydrogen-bond donors (Lipinski definition) is 0. The predicted octanol–water partition coefficient (Wildman–Crippen LogP) is 9.25. The topological polar surface area (TPSA) is 8.17 Å². The molecule has 1 aromatic heterocycles. The van der Waals surface area contributed by atoms with E-state index in [0.717, 1.165) is 0 Å². The van der Waals surface area contributed by atoms with E-state index in [0.29, 0.717) is 0 Å². The van der Waals surface area contributed by atoms with Crippen LogP contribution in [-0.4, -0.2) is 11.4 Å². The number of rotatable bonds is 1. The van der Waals surface area contributed by atoms with Gasteiger partial charge in [0.25, 0.3) is 0 Å². The molecule has 45 heavy (non-hydrogen) atoms. The molecule has 0 radical (unpaired) electrons. The van der Waals surface area contributed by atoms with Crippen LogP contribution in [0.15, 0.2) is 109 Å². The van der Waals surface area contributed by atoms with Crippen molar-refractivity contribution in [2.24, 2.45) is 0 Å². The first kappa shape index (κ1) is 25.3. The largest absolute Gasteiger partial charge is 0.376 e. The highest BCUT2D eigenvalue weighted by Crippen LogP contribution is 2.57. The average Bonchev–Trinajstić information content (AvgIpc) is 3.51. The van der Waals surface area contributed by atoms with E-state index in [1.165, 1.54) is 99.9 Å². The molecular formula is C42H33BN2. The first-order chi connectivity index (χ1) is 21.8. The third-order valence-corrected chi connectivity index (χ3v) is 11.0. The van der Waals surface area contributed by atoms with Crippen LogP contribution in [-0.2, 0) is 5.41 Å². The molecule has 214 valence electrons. The van der Waals surface area contributed by atoms with Gasteiger partial charge in [0.15, 0.2) is 0 Å². The molecular weight excluding hydrogens is 543 g/mol. The second kappa shape index (κ2) is 8.37. The third-order valence-electron chi connectivity index (χ3n) is 11.0. The van der Waals surface area contributed by atoms with Gasteiger partial charge >= 0.3 is 6.85 Å². The summed E-state index contributed by atoms with van der Waals surface area (Å²) in [6.45, 7) is 11.6. The summed E-state index contributed by atoms with van der Waals surface area (Å²) in [5.74, 6) is 0. The van der Waals surface area contributed by atoms with Gasteiger partial charge < -0.3 is 9.38 Å². The Morgan fingerprint density at radius 3 is 2.22 bits per heavy atom. The Morgan fingerprint density at radius 1 is 0.644 bits per heavy atom. The van der Waals surface area contributed by atoms with Crippen LogP contribution in [0.3, 0.4) is 0 Å². The fourth-order valence-corrected chi connectivity index (χ4v) is 9.08. The van der Waals surface area contributed by atoms with Gasteiger partial charge in [-0.25, -0.2) is 0 Å². The Bertz CT molecular complexity index is 2440. The lowest BCUT2D eigenvalue weighted by Crippen LogP contribution is -2.61. The predicted molar refractivity (Wildman–Crippen MR) is 192 cm³/mol. The first-order valence-electron chi connectivity index (χ1n) is 16.2. The Hall–Kier alpha value is -5.02. The van der Waals surface area contributed by atoms with E-state index in [-0.39, 0.29) is 12.3 Å². The van der Waals surface area contributed by atoms with Crippen LogP contribution in [0, 0.1) is 20.8 Å². The van der Waals surface area contributed by atoms with Crippen LogP contribution in [0.5, 0.6) is 0 Å². The van der Waals surface area contributed by atoms with E-state index in [1.807, 2.05) is 0 Å². The van der Waals surface area contributed by atoms with Crippen molar-refractivity contribution in [3.05, 3.63) is 137 Å². The van der Waals surface area contributed by atoms with Crippen LogP contribution in [0.25, 0.3) is 49.7 Å². The number of benzene rings is 6. The monoisotopic (exact) mass is 576 g/mol. The van der Waals surface area contributed by atoms with Crippen molar-refractivity contribution < 1.29 is 0 Å². The van der Waals surface area contributed by atoms with Crippen molar-refractivity contribution in [3.8, 4) is 27.9 Å². The maximum Gasteiger partial charge on any atom is 0.333 e. The van der Waals surface area contributed by atoms with Crippen LogP contribution in [0.2, 0.25) is 0 Å². The molecule has 10 rings (SSSR count). The molecule has 2 nitrogen and oxygen atoms in total. The molecule has 7 aromatic rings. The Balaban J connectivity index is 1.44. The van der Waals surface area contributed by atoms with Gasteiger partial charge in [0.2, 0.25) is 0 Å². The van der Waals surface area contributed by atoms with Crippen molar-refractivity contribution in [2.45, 2.75) is 40.0 Å². The Kier molecular flexibility index (Phi) is 4.71. The molecule has 3 aliphatic rings. The highest BCUT2D eigenvalue weighted by Gasteiger charge is 2.48. The molecule has 3 heterocycles. The number of anilines is 2. The van der Waals surface area contributed by atoms with Gasteiger partial charge in [-0.3, -0.25) is 0 Å². The van der Waals surface area contributed by atoms with Gasteiger partial charge in [0.1, 0.15) is 0 Å². The number of aryl methyl sites for hydroxylation is 3. The third kappa shape index (κ3) is 3.02. The molecule has 0 spiro atoms. The lowest BCUT2D eigenvalue weighted by atomic mass is 9.43. The zero-order chi connectivity index (χ0) is 30.4. The zero-order valence-corrected chi connectivity index (χ0v) is 26.4. The summed E-state index contributed by atoms with van der Waals surface area (Å²) in [5.41, 5.74) is 21.4. The minimum atomic E-state index is -0.143. The van der Waals surface area contributed by atoms with Gasteiger partial charge in [-0.1, -0.05) is 110 Å². The molecule has 0 saturated heterocycles. The van der Waals surface area contributed by atoms with E-state index >= 15 is 0 Å². The lowest BCUT2D eigenvalue weighted by molar-refractivity contribution is 0.661. The van der Waals surface area contributed by atoms with E-state index in [4.69, 9.17) is 0 Å². The van der Waals surface area contributed by atoms with E-state index in [2.05, 4.69) is 153 Å². The summed E-state index contributed by atoms with van der Waals surface area (Å²) in [4.78, 5) is 2.71. The number of para-hydroxylation sites is 1. The summed E-state index contributed by atoms with van der Waals surface area (Å²) in [6, 6.07) is 41.6. The quantitative estimate of drug-likeness (QED) is 0.177. The molecule has 0 amide bonds. The summed E-state index contributed by atoms with van der Waals surface area (Å²) >= 11 is 0. The molecule has 0 bridgehead atoms. The zero-order valence-electron chi connectivity index (χ0n) is 26.4. The second-order valence-electron chi connectivity index (χ2n) is 14.0. The summed E-state index contributed by atoms with van der Waals surface area (Å²) < 4.78 is 2.56. The summed E-state index contributed by atoms with van der Waals surface area (Å²) in [6.07, 6.45) is 0. The van der Waals surface area contributed by atoms with Crippen LogP contribution >= 0.6 is 0 Å². The number of hydrogen-bond acceptors (Lipinski definition) is 1. The Morgan fingerprint density at radius 2 is 1.38 bits per heavy atom. The molecule has 6 aromatic carbocycles. The molecule has 0 unspecified atom stereocenters. The number of aromatic nitrogens is 1. The minimum absolute atomic E-state index is 0.0380. The second-order valence-corrected chi connectivity index (χ2v) is 14.0. The molecule has 0 fully saturated rings. The minimum Gasteiger partial charge on any atom is -0.376 e. The van der Waals surface area contributed by atoms with Gasteiger partial charge in [-0.2, -0.15) is 0 Å². The summed E-state index contributed by atoms with van der Waals surface area (Å²) in [7, 11) is 0. The van der Waals surface area contributed by atoms with E-state index in [1.54, 1.807) is 0 Å². The standard InChI is InChI=1S/C42H33BN2/c1-24-14-17-27(18-15-24)45-40-30(20-19-29-28-10-6-8-12-33(28)42(4,5)38(29)40)32-23-26(3)37-31-11-7-9-13-35(31)44-36-21-16-25(2)22-34(36)43(45)39(32)41(37)44/h6-23H,1-5H3. The van der Waals surface area contributed by atoms with E-state index < -0.39 is 0 Å². The molecule has 3 heteroatoms. The van der Waals surface area contributed by atoms with Crippen molar-refractivity contribution >= 4 is 51.0 Å². The number of fused-ring (bicyclic) bond motifs is 12. The van der Waals surface area contributed by atoms with Crippen molar-refractivity contribution in [1.82, 2.24) is 4.57 Å². The Labute approximate surface area is 264 Å². The first-order valence-corrected chi connectivity index (χ1v) is 16.2. The normalized spacial score (nSPS) is 14.9. The fourth-order valence-electron chi connectivity index (χ4n) is 9.08. The van der Waals surface area contributed by atoms with Crippen LogP contribution in [0.1, 0.15) is 41.7 Å². The smallest absolute Gasteiger partial charge is 0.333 e. The lowest BCUT2D eigenvalue weighted by Gasteiger charge is -2.44. The highest BCUT2D eigenvalue weighted by atomic mass is 15.1. The van der Waals surface area contributed by atoms with Gasteiger partial charge in [-0.05, 0) is 89.3 Å². The van der Waals surface area contributed by atoms with Crippen molar-refractivity contribution in [1.29, 1.82) is 0 Å². The van der Waals surface area contributed by atoms with Crippen molar-refractivity contribution in [3.63, 3.8) is 0 Å². The van der Waals surface area contributed by atoms with Gasteiger partial charge in [0, 0.05) is 38.8 Å². The van der Waals surface area contributed by atoms with Crippen LogP contribution in [0.4, 0.5) is 11.4 Å². The fraction of sp³-hybridized carbons (Fsp3) is 0.143. The number of nitrogens with zero attached hydrogens (tertiary/aromatic N) is 2. The molecule has 0 atom stereocenters. The molecule has 0 saturated carbocycles. The van der Waals surface area contributed by atoms with Crippen molar-refractivity contribution in [2.75, 3.05) is 4.81 Å². The maximum atomic E-state index is 2.71. The van der Waals surface area contributed by atoms with Gasteiger partial charge in [0.05, 0.1) is 11.0 Å². The van der Waals surface area contributed by atoms with E-state index in [9.17, 15) is 0 Å². The summed E-state index contributed by atoms with van der Waals surface area (Å²) in [5, 5.41) is 2.71. The molecule has 2 aliphatic heterocycles. The van der Waals surface area contributed by atoms with Gasteiger partial charge in [-0.15, -0.1) is 0 Å². The SMILES string of the molecule is Cc1ccc(N2B3c4cc(C)ccc4-n4c5ccccc5c5c(C)cc(c3c54)-c3ccc4c(c32)C(C)(C)c2ccccc2-4)cc1.